The summed E-state index contributed by atoms with van der Waals surface area (Å²) in [6, 6.07) is 17.9. The molecule has 0 unspecified atom stereocenters. The second kappa shape index (κ2) is 6.29. The van der Waals surface area contributed by atoms with Crippen LogP contribution in [0.2, 0.25) is 0 Å². The maximum absolute atomic E-state index is 12.9. The fourth-order valence-electron chi connectivity index (χ4n) is 3.07. The van der Waals surface area contributed by atoms with E-state index in [1.165, 1.54) is 17.7 Å². The summed E-state index contributed by atoms with van der Waals surface area (Å²) in [5.41, 5.74) is 3.86. The van der Waals surface area contributed by atoms with E-state index >= 15 is 0 Å². The number of allylic oxidation sites excluding steroid dienone is 2. The molecule has 1 aromatic heterocycles. The van der Waals surface area contributed by atoms with Gasteiger partial charge in [0.05, 0.1) is 11.3 Å². The molecule has 1 aliphatic carbocycles. The Morgan fingerprint density at radius 2 is 1.64 bits per heavy atom. The molecule has 0 aliphatic heterocycles. The van der Waals surface area contributed by atoms with Crippen molar-refractivity contribution in [2.75, 3.05) is 0 Å². The van der Waals surface area contributed by atoms with Gasteiger partial charge < -0.3 is 9.30 Å². The Bertz CT molecular complexity index is 976. The number of rotatable bonds is 3. The largest absolute Gasteiger partial charge is 0.457 e. The van der Waals surface area contributed by atoms with E-state index in [4.69, 9.17) is 4.74 Å². The summed E-state index contributed by atoms with van der Waals surface area (Å²) in [6.45, 7) is 0. The molecule has 0 radical (unpaired) electrons. The monoisotopic (exact) mass is 330 g/mol. The fraction of sp³-hybridized carbons (Fsp3) is 0.0952. The highest BCUT2D eigenvalue weighted by molar-refractivity contribution is 5.79. The maximum Gasteiger partial charge on any atom is 0.127 e. The molecule has 3 nitrogen and oxygen atoms in total. The average Bonchev–Trinajstić information content (AvgIpc) is 3.08. The standard InChI is InChI=1S/C21H15FN2O/c22-17-4-8-19(9-5-17)25-20-10-6-18(7-11-20)24-13-12-15-2-1-3-16(14-23)21(15)24/h3-13H,1-2H2. The van der Waals surface area contributed by atoms with E-state index in [-0.39, 0.29) is 5.82 Å². The Morgan fingerprint density at radius 3 is 2.32 bits per heavy atom. The lowest BCUT2D eigenvalue weighted by atomic mass is 9.98. The lowest BCUT2D eigenvalue weighted by Crippen LogP contribution is -2.03. The molecule has 25 heavy (non-hydrogen) atoms. The van der Waals surface area contributed by atoms with Gasteiger partial charge in [-0.15, -0.1) is 0 Å². The first-order chi connectivity index (χ1) is 12.2. The number of nitrogens with zero attached hydrogens (tertiary/aromatic N) is 2. The molecule has 0 amide bonds. The number of benzene rings is 2. The number of halogens is 1. The molecule has 0 fully saturated rings. The van der Waals surface area contributed by atoms with Crippen molar-refractivity contribution in [1.29, 1.82) is 5.26 Å². The van der Waals surface area contributed by atoms with Crippen molar-refractivity contribution in [3.8, 4) is 23.3 Å². The summed E-state index contributed by atoms with van der Waals surface area (Å²) in [7, 11) is 0. The van der Waals surface area contributed by atoms with Crippen molar-refractivity contribution in [3.63, 3.8) is 0 Å². The molecule has 1 aliphatic rings. The third kappa shape index (κ3) is 2.92. The second-order valence-electron chi connectivity index (χ2n) is 5.88. The van der Waals surface area contributed by atoms with Crippen molar-refractivity contribution >= 4 is 5.57 Å². The van der Waals surface area contributed by atoms with Gasteiger partial charge in [0.15, 0.2) is 0 Å². The van der Waals surface area contributed by atoms with Crippen molar-refractivity contribution < 1.29 is 9.13 Å². The topological polar surface area (TPSA) is 38.0 Å². The van der Waals surface area contributed by atoms with Crippen LogP contribution in [0, 0.1) is 17.1 Å². The zero-order valence-electron chi connectivity index (χ0n) is 13.4. The van der Waals surface area contributed by atoms with Crippen LogP contribution in [0.15, 0.2) is 66.9 Å². The minimum absolute atomic E-state index is 0.290. The normalized spacial score (nSPS) is 12.9. The summed E-state index contributed by atoms with van der Waals surface area (Å²) in [5, 5.41) is 9.38. The van der Waals surface area contributed by atoms with Crippen LogP contribution < -0.4 is 4.74 Å². The van der Waals surface area contributed by atoms with Gasteiger partial charge >= 0.3 is 0 Å². The van der Waals surface area contributed by atoms with Crippen LogP contribution in [0.1, 0.15) is 17.7 Å². The number of ether oxygens (including phenoxy) is 1. The summed E-state index contributed by atoms with van der Waals surface area (Å²) in [5.74, 6) is 0.969. The zero-order valence-corrected chi connectivity index (χ0v) is 13.4. The van der Waals surface area contributed by atoms with Crippen molar-refractivity contribution in [3.05, 3.63) is 83.9 Å². The van der Waals surface area contributed by atoms with Crippen LogP contribution in [-0.4, -0.2) is 4.57 Å². The summed E-state index contributed by atoms with van der Waals surface area (Å²) < 4.78 is 20.7. The van der Waals surface area contributed by atoms with Gasteiger partial charge in [-0.3, -0.25) is 0 Å². The number of hydrogen-bond donors (Lipinski definition) is 0. The number of fused-ring (bicyclic) bond motifs is 1. The maximum atomic E-state index is 12.9. The number of hydrogen-bond acceptors (Lipinski definition) is 2. The number of aryl methyl sites for hydroxylation is 1. The molecule has 122 valence electrons. The van der Waals surface area contributed by atoms with Gasteiger partial charge in [-0.1, -0.05) is 6.08 Å². The van der Waals surface area contributed by atoms with Gasteiger partial charge in [-0.2, -0.15) is 5.26 Å². The molecule has 0 saturated heterocycles. The quantitative estimate of drug-likeness (QED) is 0.657. The Labute approximate surface area is 145 Å². The van der Waals surface area contributed by atoms with E-state index in [1.54, 1.807) is 12.1 Å². The molecule has 0 atom stereocenters. The van der Waals surface area contributed by atoms with Gasteiger partial charge in [-0.25, -0.2) is 4.39 Å². The van der Waals surface area contributed by atoms with E-state index < -0.39 is 0 Å². The van der Waals surface area contributed by atoms with Gasteiger partial charge in [0, 0.05) is 11.9 Å². The molecule has 1 heterocycles. The second-order valence-corrected chi connectivity index (χ2v) is 5.88. The van der Waals surface area contributed by atoms with Crippen LogP contribution in [0.3, 0.4) is 0 Å². The van der Waals surface area contributed by atoms with Crippen LogP contribution in [0.4, 0.5) is 4.39 Å². The van der Waals surface area contributed by atoms with Gasteiger partial charge in [-0.05, 0) is 73.0 Å². The lowest BCUT2D eigenvalue weighted by Gasteiger charge is -2.14. The van der Waals surface area contributed by atoms with Gasteiger partial charge in [0.25, 0.3) is 0 Å². The Kier molecular flexibility index (Phi) is 3.83. The Balaban J connectivity index is 1.62. The Morgan fingerprint density at radius 1 is 0.960 bits per heavy atom. The first-order valence-corrected chi connectivity index (χ1v) is 8.09. The molecule has 3 aromatic rings. The molecule has 2 aromatic carbocycles. The minimum atomic E-state index is -0.290. The summed E-state index contributed by atoms with van der Waals surface area (Å²) in [4.78, 5) is 0. The number of aromatic nitrogens is 1. The van der Waals surface area contributed by atoms with E-state index in [2.05, 4.69) is 12.1 Å². The molecular formula is C21H15FN2O. The minimum Gasteiger partial charge on any atom is -0.457 e. The first-order valence-electron chi connectivity index (χ1n) is 8.09. The van der Waals surface area contributed by atoms with Crippen LogP contribution in [0.5, 0.6) is 11.5 Å². The predicted octanol–water partition coefficient (Wildman–Crippen LogP) is 5.26. The average molecular weight is 330 g/mol. The van der Waals surface area contributed by atoms with E-state index in [9.17, 15) is 9.65 Å². The van der Waals surface area contributed by atoms with Crippen LogP contribution in [0.25, 0.3) is 11.3 Å². The summed E-state index contributed by atoms with van der Waals surface area (Å²) >= 11 is 0. The molecule has 0 saturated carbocycles. The molecule has 4 rings (SSSR count). The number of nitriles is 1. The van der Waals surface area contributed by atoms with Gasteiger partial charge in [0.2, 0.25) is 0 Å². The molecule has 0 bridgehead atoms. The molecule has 4 heteroatoms. The van der Waals surface area contributed by atoms with Gasteiger partial charge in [0.1, 0.15) is 23.4 Å². The van der Waals surface area contributed by atoms with E-state index in [0.29, 0.717) is 11.5 Å². The SMILES string of the molecule is N#CC1=CCCc2ccn(-c3ccc(Oc4ccc(F)cc4)cc3)c21. The zero-order chi connectivity index (χ0) is 17.2. The highest BCUT2D eigenvalue weighted by Gasteiger charge is 2.17. The van der Waals surface area contributed by atoms with E-state index in [1.807, 2.05) is 41.1 Å². The van der Waals surface area contributed by atoms with E-state index in [0.717, 1.165) is 29.8 Å². The van der Waals surface area contributed by atoms with Crippen molar-refractivity contribution in [1.82, 2.24) is 4.57 Å². The third-order valence-electron chi connectivity index (χ3n) is 4.27. The molecule has 0 spiro atoms. The molecular weight excluding hydrogens is 315 g/mol. The Hall–Kier alpha value is -3.32. The highest BCUT2D eigenvalue weighted by atomic mass is 19.1. The first kappa shape index (κ1) is 15.2. The van der Waals surface area contributed by atoms with Crippen LogP contribution in [-0.2, 0) is 6.42 Å². The smallest absolute Gasteiger partial charge is 0.127 e. The fourth-order valence-corrected chi connectivity index (χ4v) is 3.07. The highest BCUT2D eigenvalue weighted by Crippen LogP contribution is 2.30. The predicted molar refractivity (Wildman–Crippen MR) is 94.2 cm³/mol. The van der Waals surface area contributed by atoms with Crippen molar-refractivity contribution in [2.45, 2.75) is 12.8 Å². The van der Waals surface area contributed by atoms with Crippen molar-refractivity contribution in [2.24, 2.45) is 0 Å². The summed E-state index contributed by atoms with van der Waals surface area (Å²) in [6.07, 6.45) is 5.85. The third-order valence-corrected chi connectivity index (χ3v) is 4.27. The lowest BCUT2D eigenvalue weighted by molar-refractivity contribution is 0.480. The van der Waals surface area contributed by atoms with Crippen LogP contribution >= 0.6 is 0 Å². The molecule has 0 N–H and O–H groups in total.